The fraction of sp³-hybridized carbons (Fsp3) is 0.562. The van der Waals surface area contributed by atoms with Crippen LogP contribution in [0.4, 0.5) is 5.69 Å². The van der Waals surface area contributed by atoms with E-state index >= 15 is 0 Å². The van der Waals surface area contributed by atoms with E-state index in [9.17, 15) is 9.90 Å². The van der Waals surface area contributed by atoms with Crippen molar-refractivity contribution in [3.63, 3.8) is 0 Å². The van der Waals surface area contributed by atoms with Gasteiger partial charge in [0.15, 0.2) is 0 Å². The lowest BCUT2D eigenvalue weighted by molar-refractivity contribution is -0.118. The number of phenols is 1. The number of aromatic hydroxyl groups is 1. The third kappa shape index (κ3) is 2.18. The van der Waals surface area contributed by atoms with Crippen LogP contribution in [0.2, 0.25) is 0 Å². The summed E-state index contributed by atoms with van der Waals surface area (Å²) in [6, 6.07) is 3.71. The van der Waals surface area contributed by atoms with Crippen LogP contribution in [0.15, 0.2) is 12.1 Å². The highest BCUT2D eigenvalue weighted by molar-refractivity contribution is 5.96. The number of hydrogen-bond donors (Lipinski definition) is 3. The largest absolute Gasteiger partial charge is 0.507 e. The van der Waals surface area contributed by atoms with Crippen LogP contribution in [0.5, 0.6) is 5.75 Å². The molecule has 2 fully saturated rings. The van der Waals surface area contributed by atoms with Gasteiger partial charge in [-0.2, -0.15) is 0 Å². The molecule has 108 valence electrons. The van der Waals surface area contributed by atoms with Crippen LogP contribution in [0.25, 0.3) is 0 Å². The van der Waals surface area contributed by atoms with Gasteiger partial charge in [0.2, 0.25) is 5.91 Å². The lowest BCUT2D eigenvalue weighted by Crippen LogP contribution is -2.31. The molecular formula is C16H22N2O2. The van der Waals surface area contributed by atoms with Gasteiger partial charge in [-0.25, -0.2) is 0 Å². The SMILES string of the molecule is Cc1ccc(NC(=O)C2CC23CCNCC3)c(C)c1O. The third-order valence-corrected chi connectivity index (χ3v) is 5.00. The zero-order chi connectivity index (χ0) is 14.3. The first-order chi connectivity index (χ1) is 9.53. The van der Waals surface area contributed by atoms with Gasteiger partial charge in [0.25, 0.3) is 0 Å². The smallest absolute Gasteiger partial charge is 0.228 e. The molecule has 1 unspecified atom stereocenters. The minimum absolute atomic E-state index is 0.109. The number of aryl methyl sites for hydroxylation is 1. The monoisotopic (exact) mass is 274 g/mol. The van der Waals surface area contributed by atoms with Crippen molar-refractivity contribution in [1.29, 1.82) is 0 Å². The van der Waals surface area contributed by atoms with Crippen molar-refractivity contribution in [2.75, 3.05) is 18.4 Å². The lowest BCUT2D eigenvalue weighted by atomic mass is 9.91. The number of amides is 1. The molecule has 3 N–H and O–H groups in total. The van der Waals surface area contributed by atoms with Gasteiger partial charge in [-0.15, -0.1) is 0 Å². The third-order valence-electron chi connectivity index (χ3n) is 5.00. The maximum Gasteiger partial charge on any atom is 0.228 e. The molecule has 1 aromatic rings. The molecule has 1 heterocycles. The van der Waals surface area contributed by atoms with Crippen molar-refractivity contribution in [1.82, 2.24) is 5.32 Å². The molecule has 1 amide bonds. The van der Waals surface area contributed by atoms with E-state index < -0.39 is 0 Å². The first kappa shape index (κ1) is 13.4. The number of rotatable bonds is 2. The zero-order valence-electron chi connectivity index (χ0n) is 12.1. The van der Waals surface area contributed by atoms with Crippen LogP contribution in [0, 0.1) is 25.2 Å². The Labute approximate surface area is 119 Å². The normalized spacial score (nSPS) is 23.6. The Morgan fingerprint density at radius 3 is 2.75 bits per heavy atom. The minimum Gasteiger partial charge on any atom is -0.507 e. The van der Waals surface area contributed by atoms with Gasteiger partial charge in [-0.1, -0.05) is 6.07 Å². The van der Waals surface area contributed by atoms with Gasteiger partial charge in [0.05, 0.1) is 0 Å². The fourth-order valence-electron chi connectivity index (χ4n) is 3.39. The maximum atomic E-state index is 12.4. The average Bonchev–Trinajstić information content (AvgIpc) is 3.14. The number of carbonyl (C=O) groups excluding carboxylic acids is 1. The predicted octanol–water partition coefficient (Wildman–Crippen LogP) is 2.34. The van der Waals surface area contributed by atoms with E-state index in [1.54, 1.807) is 0 Å². The first-order valence-electron chi connectivity index (χ1n) is 7.34. The molecule has 4 nitrogen and oxygen atoms in total. The molecule has 0 aromatic heterocycles. The molecule has 1 aromatic carbocycles. The van der Waals surface area contributed by atoms with E-state index in [4.69, 9.17) is 0 Å². The van der Waals surface area contributed by atoms with Gasteiger partial charge < -0.3 is 15.7 Å². The van der Waals surface area contributed by atoms with E-state index in [1.807, 2.05) is 26.0 Å². The standard InChI is InChI=1S/C16H22N2O2/c1-10-3-4-13(11(2)14(10)19)18-15(20)12-9-16(12)5-7-17-8-6-16/h3-4,12,17,19H,5-9H2,1-2H3,(H,18,20). The molecule has 1 atom stereocenters. The second kappa shape index (κ2) is 4.77. The van der Waals surface area contributed by atoms with Crippen molar-refractivity contribution in [3.05, 3.63) is 23.3 Å². The topological polar surface area (TPSA) is 61.4 Å². The number of benzene rings is 1. The highest BCUT2D eigenvalue weighted by atomic mass is 16.3. The number of carbonyl (C=O) groups is 1. The van der Waals surface area contributed by atoms with Crippen molar-refractivity contribution in [3.8, 4) is 5.75 Å². The number of anilines is 1. The molecule has 1 saturated carbocycles. The highest BCUT2D eigenvalue weighted by Gasteiger charge is 2.57. The Morgan fingerprint density at radius 1 is 1.35 bits per heavy atom. The van der Waals surface area contributed by atoms with Gasteiger partial charge >= 0.3 is 0 Å². The average molecular weight is 274 g/mol. The van der Waals surface area contributed by atoms with Crippen molar-refractivity contribution < 1.29 is 9.90 Å². The molecule has 0 radical (unpaired) electrons. The highest BCUT2D eigenvalue weighted by Crippen LogP contribution is 2.58. The van der Waals surface area contributed by atoms with Crippen LogP contribution in [-0.2, 0) is 4.79 Å². The summed E-state index contributed by atoms with van der Waals surface area (Å²) in [6.45, 7) is 5.74. The molecule has 1 spiro atoms. The molecule has 2 aliphatic rings. The summed E-state index contributed by atoms with van der Waals surface area (Å²) in [5, 5.41) is 16.3. The van der Waals surface area contributed by atoms with Crippen LogP contribution in [-0.4, -0.2) is 24.1 Å². The summed E-state index contributed by atoms with van der Waals surface area (Å²) in [7, 11) is 0. The summed E-state index contributed by atoms with van der Waals surface area (Å²) in [5.41, 5.74) is 2.56. The molecule has 4 heteroatoms. The van der Waals surface area contributed by atoms with Crippen LogP contribution >= 0.6 is 0 Å². The molecule has 1 saturated heterocycles. The van der Waals surface area contributed by atoms with Gasteiger partial charge in [-0.3, -0.25) is 4.79 Å². The zero-order valence-corrected chi connectivity index (χ0v) is 12.1. The fourth-order valence-corrected chi connectivity index (χ4v) is 3.39. The van der Waals surface area contributed by atoms with Crippen molar-refractivity contribution in [2.45, 2.75) is 33.1 Å². The molecule has 0 bridgehead atoms. The van der Waals surface area contributed by atoms with Crippen LogP contribution in [0.1, 0.15) is 30.4 Å². The quantitative estimate of drug-likeness (QED) is 0.775. The minimum atomic E-state index is 0.109. The molecule has 20 heavy (non-hydrogen) atoms. The van der Waals surface area contributed by atoms with Gasteiger partial charge in [0, 0.05) is 17.2 Å². The maximum absolute atomic E-state index is 12.4. The van der Waals surface area contributed by atoms with E-state index in [0.717, 1.165) is 49.2 Å². The van der Waals surface area contributed by atoms with Crippen molar-refractivity contribution >= 4 is 11.6 Å². The molecule has 3 rings (SSSR count). The molecule has 1 aliphatic carbocycles. The summed E-state index contributed by atoms with van der Waals surface area (Å²) in [5.74, 6) is 0.529. The number of piperidine rings is 1. The van der Waals surface area contributed by atoms with E-state index in [0.29, 0.717) is 0 Å². The first-order valence-corrected chi connectivity index (χ1v) is 7.34. The molecular weight excluding hydrogens is 252 g/mol. The predicted molar refractivity (Wildman–Crippen MR) is 78.9 cm³/mol. The number of nitrogens with one attached hydrogen (secondary N) is 2. The summed E-state index contributed by atoms with van der Waals surface area (Å²) < 4.78 is 0. The second-order valence-electron chi connectivity index (χ2n) is 6.26. The van der Waals surface area contributed by atoms with Crippen LogP contribution < -0.4 is 10.6 Å². The number of phenolic OH excluding ortho intramolecular Hbond substituents is 1. The lowest BCUT2D eigenvalue weighted by Gasteiger charge is -2.23. The summed E-state index contributed by atoms with van der Waals surface area (Å²) >= 11 is 0. The summed E-state index contributed by atoms with van der Waals surface area (Å²) in [6.07, 6.45) is 3.21. The Kier molecular flexibility index (Phi) is 3.21. The van der Waals surface area contributed by atoms with Gasteiger partial charge in [-0.05, 0) is 63.2 Å². The Bertz CT molecular complexity index is 548. The Morgan fingerprint density at radius 2 is 2.05 bits per heavy atom. The van der Waals surface area contributed by atoms with E-state index in [2.05, 4.69) is 10.6 Å². The Balaban J connectivity index is 1.70. The van der Waals surface area contributed by atoms with Crippen molar-refractivity contribution in [2.24, 2.45) is 11.3 Å². The van der Waals surface area contributed by atoms with Crippen LogP contribution in [0.3, 0.4) is 0 Å². The van der Waals surface area contributed by atoms with E-state index in [1.165, 1.54) is 0 Å². The summed E-state index contributed by atoms with van der Waals surface area (Å²) in [4.78, 5) is 12.4. The second-order valence-corrected chi connectivity index (χ2v) is 6.26. The molecule has 1 aliphatic heterocycles. The van der Waals surface area contributed by atoms with Gasteiger partial charge in [0.1, 0.15) is 5.75 Å². The van der Waals surface area contributed by atoms with E-state index in [-0.39, 0.29) is 23.0 Å². The number of hydrogen-bond acceptors (Lipinski definition) is 3. The Hall–Kier alpha value is -1.55.